The molecule has 8 heteroatoms. The summed E-state index contributed by atoms with van der Waals surface area (Å²) in [6.45, 7) is 13.9. The molecule has 0 aromatic heterocycles. The fourth-order valence-electron chi connectivity index (χ4n) is 6.19. The predicted molar refractivity (Wildman–Crippen MR) is 185 cm³/mol. The molecule has 0 saturated carbocycles. The molecule has 2 aromatic rings. The van der Waals surface area contributed by atoms with Gasteiger partial charge < -0.3 is 20.0 Å². The Morgan fingerprint density at radius 3 is 1.82 bits per heavy atom. The number of amides is 4. The molecule has 3 rings (SSSR count). The Morgan fingerprint density at radius 2 is 1.31 bits per heavy atom. The lowest BCUT2D eigenvalue weighted by Gasteiger charge is -2.41. The fourth-order valence-corrected chi connectivity index (χ4v) is 6.19. The summed E-state index contributed by atoms with van der Waals surface area (Å²) in [6, 6.07) is 18.2. The molecule has 2 atom stereocenters. The van der Waals surface area contributed by atoms with Gasteiger partial charge >= 0.3 is 6.03 Å². The molecule has 0 unspecified atom stereocenters. The first-order valence-corrected chi connectivity index (χ1v) is 17.4. The van der Waals surface area contributed by atoms with Gasteiger partial charge in [-0.05, 0) is 76.0 Å². The van der Waals surface area contributed by atoms with Crippen molar-refractivity contribution in [1.82, 2.24) is 20.0 Å². The van der Waals surface area contributed by atoms with E-state index < -0.39 is 6.04 Å². The molecule has 0 aliphatic carbocycles. The van der Waals surface area contributed by atoms with Gasteiger partial charge in [0.25, 0.3) is 0 Å². The van der Waals surface area contributed by atoms with Crippen LogP contribution in [-0.4, -0.2) is 84.4 Å². The van der Waals surface area contributed by atoms with Crippen LogP contribution in [0.5, 0.6) is 0 Å². The van der Waals surface area contributed by atoms with Crippen LogP contribution in [0, 0.1) is 5.92 Å². The van der Waals surface area contributed by atoms with E-state index in [1.165, 1.54) is 0 Å². The zero-order valence-corrected chi connectivity index (χ0v) is 28.3. The molecule has 248 valence electrons. The number of para-hydroxylation sites is 2. The fraction of sp³-hybridized carbons (Fsp3) is 0.595. The molecular weight excluding hydrogens is 562 g/mol. The second kappa shape index (κ2) is 19.9. The lowest BCUT2D eigenvalue weighted by atomic mass is 9.88. The maximum absolute atomic E-state index is 14.4. The smallest absolute Gasteiger partial charge is 0.329 e. The van der Waals surface area contributed by atoms with Gasteiger partial charge in [-0.2, -0.15) is 0 Å². The number of urea groups is 1. The average molecular weight is 620 g/mol. The normalized spacial score (nSPS) is 16.4. The SMILES string of the molecule is CCCCCN(CCCCC)C(=O)[C@@H]1CCN(C(=O)N(c2ccccc2)c2ccccc2)[C@@H](C(=O)NCCCN(CC)CC)C1. The first kappa shape index (κ1) is 36.1. The molecule has 8 nitrogen and oxygen atoms in total. The lowest BCUT2D eigenvalue weighted by Crippen LogP contribution is -2.58. The van der Waals surface area contributed by atoms with E-state index in [1.807, 2.05) is 65.6 Å². The number of nitrogens with zero attached hydrogens (tertiary/aromatic N) is 4. The van der Waals surface area contributed by atoms with Crippen LogP contribution in [0.25, 0.3) is 0 Å². The van der Waals surface area contributed by atoms with Gasteiger partial charge in [0.15, 0.2) is 0 Å². The minimum Gasteiger partial charge on any atom is -0.354 e. The number of piperidine rings is 1. The van der Waals surface area contributed by atoms with E-state index in [4.69, 9.17) is 0 Å². The molecular formula is C37H57N5O3. The Balaban J connectivity index is 1.85. The highest BCUT2D eigenvalue weighted by Gasteiger charge is 2.41. The maximum atomic E-state index is 14.4. The Morgan fingerprint density at radius 1 is 0.756 bits per heavy atom. The minimum absolute atomic E-state index is 0.136. The number of nitrogens with one attached hydrogen (secondary N) is 1. The van der Waals surface area contributed by atoms with Crippen molar-refractivity contribution in [3.8, 4) is 0 Å². The van der Waals surface area contributed by atoms with Crippen LogP contribution in [0.3, 0.4) is 0 Å². The van der Waals surface area contributed by atoms with E-state index in [0.29, 0.717) is 25.9 Å². The number of carbonyl (C=O) groups is 3. The monoisotopic (exact) mass is 619 g/mol. The van der Waals surface area contributed by atoms with Gasteiger partial charge in [-0.3, -0.25) is 14.5 Å². The van der Waals surface area contributed by atoms with Gasteiger partial charge in [0.2, 0.25) is 11.8 Å². The minimum atomic E-state index is -0.725. The third-order valence-corrected chi connectivity index (χ3v) is 8.94. The molecule has 1 aliphatic heterocycles. The Hall–Kier alpha value is -3.39. The third-order valence-electron chi connectivity index (χ3n) is 8.94. The van der Waals surface area contributed by atoms with E-state index in [0.717, 1.165) is 89.0 Å². The van der Waals surface area contributed by atoms with Crippen LogP contribution < -0.4 is 10.2 Å². The third kappa shape index (κ3) is 10.9. The topological polar surface area (TPSA) is 76.2 Å². The van der Waals surface area contributed by atoms with Crippen molar-refractivity contribution < 1.29 is 14.4 Å². The van der Waals surface area contributed by atoms with Crippen molar-refractivity contribution in [2.75, 3.05) is 50.7 Å². The molecule has 1 fully saturated rings. The average Bonchev–Trinajstić information content (AvgIpc) is 3.08. The van der Waals surface area contributed by atoms with Crippen LogP contribution in [0.4, 0.5) is 16.2 Å². The van der Waals surface area contributed by atoms with E-state index in [1.54, 1.807) is 9.80 Å². The Labute approximate surface area is 272 Å². The second-order valence-corrected chi connectivity index (χ2v) is 12.1. The molecule has 0 spiro atoms. The number of unbranched alkanes of at least 4 members (excludes halogenated alkanes) is 4. The van der Waals surface area contributed by atoms with E-state index in [-0.39, 0.29) is 23.8 Å². The molecule has 4 amide bonds. The van der Waals surface area contributed by atoms with Gasteiger partial charge in [-0.25, -0.2) is 4.79 Å². The first-order valence-electron chi connectivity index (χ1n) is 17.4. The Kier molecular flexibility index (Phi) is 15.9. The number of carbonyl (C=O) groups excluding carboxylic acids is 3. The van der Waals surface area contributed by atoms with Crippen molar-refractivity contribution in [2.24, 2.45) is 5.92 Å². The first-order chi connectivity index (χ1) is 21.9. The molecule has 1 saturated heterocycles. The number of rotatable bonds is 18. The van der Waals surface area contributed by atoms with Crippen LogP contribution in [-0.2, 0) is 9.59 Å². The number of hydrogen-bond donors (Lipinski definition) is 1. The van der Waals surface area contributed by atoms with Crippen molar-refractivity contribution in [1.29, 1.82) is 0 Å². The molecule has 1 heterocycles. The zero-order chi connectivity index (χ0) is 32.4. The van der Waals surface area contributed by atoms with Crippen molar-refractivity contribution >= 4 is 29.2 Å². The summed E-state index contributed by atoms with van der Waals surface area (Å²) in [4.78, 5) is 50.1. The van der Waals surface area contributed by atoms with Gasteiger partial charge in [-0.15, -0.1) is 0 Å². The van der Waals surface area contributed by atoms with Gasteiger partial charge in [0.1, 0.15) is 6.04 Å². The maximum Gasteiger partial charge on any atom is 0.329 e. The number of hydrogen-bond acceptors (Lipinski definition) is 4. The second-order valence-electron chi connectivity index (χ2n) is 12.1. The summed E-state index contributed by atoms with van der Waals surface area (Å²) in [7, 11) is 0. The molecule has 0 radical (unpaired) electrons. The van der Waals surface area contributed by atoms with Crippen LogP contribution in [0.2, 0.25) is 0 Å². The molecule has 1 aliphatic rings. The molecule has 45 heavy (non-hydrogen) atoms. The standard InChI is InChI=1S/C37H57N5O3/c1-5-9-17-27-40(28-18-10-6-2)36(44)31-24-29-41(34(30-31)35(43)38-25-19-26-39(7-3)8-4)37(45)42(32-20-13-11-14-21-32)33-22-15-12-16-23-33/h11-16,20-23,31,34H,5-10,17-19,24-30H2,1-4H3,(H,38,43)/t31-,34-/m1/s1. The summed E-state index contributed by atoms with van der Waals surface area (Å²) in [6.07, 6.45) is 8.10. The van der Waals surface area contributed by atoms with E-state index in [9.17, 15) is 14.4 Å². The summed E-state index contributed by atoms with van der Waals surface area (Å²) < 4.78 is 0. The van der Waals surface area contributed by atoms with Crippen LogP contribution in [0.1, 0.15) is 85.5 Å². The summed E-state index contributed by atoms with van der Waals surface area (Å²) in [5.74, 6) is -0.327. The predicted octanol–water partition coefficient (Wildman–Crippen LogP) is 7.08. The molecule has 2 aromatic carbocycles. The Bertz CT molecular complexity index is 1090. The lowest BCUT2D eigenvalue weighted by molar-refractivity contribution is -0.139. The van der Waals surface area contributed by atoms with Crippen LogP contribution >= 0.6 is 0 Å². The zero-order valence-electron chi connectivity index (χ0n) is 28.3. The number of likely N-dealkylation sites (tertiary alicyclic amines) is 1. The van der Waals surface area contributed by atoms with Gasteiger partial charge in [0, 0.05) is 32.1 Å². The summed E-state index contributed by atoms with van der Waals surface area (Å²) in [5.41, 5.74) is 1.48. The quantitative estimate of drug-likeness (QED) is 0.181. The highest BCUT2D eigenvalue weighted by atomic mass is 16.2. The summed E-state index contributed by atoms with van der Waals surface area (Å²) >= 11 is 0. The van der Waals surface area contributed by atoms with Crippen molar-refractivity contribution in [3.05, 3.63) is 60.7 Å². The molecule has 0 bridgehead atoms. The van der Waals surface area contributed by atoms with Crippen molar-refractivity contribution in [2.45, 2.75) is 91.5 Å². The molecule has 1 N–H and O–H groups in total. The van der Waals surface area contributed by atoms with Crippen molar-refractivity contribution in [3.63, 3.8) is 0 Å². The van der Waals surface area contributed by atoms with Gasteiger partial charge in [-0.1, -0.05) is 89.8 Å². The van der Waals surface area contributed by atoms with E-state index in [2.05, 4.69) is 37.9 Å². The number of anilines is 2. The highest BCUT2D eigenvalue weighted by molar-refractivity contribution is 6.01. The highest BCUT2D eigenvalue weighted by Crippen LogP contribution is 2.31. The number of benzene rings is 2. The van der Waals surface area contributed by atoms with Gasteiger partial charge in [0.05, 0.1) is 11.4 Å². The van der Waals surface area contributed by atoms with Crippen LogP contribution in [0.15, 0.2) is 60.7 Å². The summed E-state index contributed by atoms with van der Waals surface area (Å²) in [5, 5.41) is 3.13. The van der Waals surface area contributed by atoms with E-state index >= 15 is 0 Å². The largest absolute Gasteiger partial charge is 0.354 e.